The predicted molar refractivity (Wildman–Crippen MR) is 324 cm³/mol. The normalized spacial score (nSPS) is 10.9. The number of hydrogen-bond donors (Lipinski definition) is 4. The molecular formula is C59H52Cl4N6O8S3. The third kappa shape index (κ3) is 14.6. The molecule has 0 amide bonds. The van der Waals surface area contributed by atoms with Crippen LogP contribution in [0.15, 0.2) is 124 Å². The number of nitrogens with zero attached hydrogens (tertiary/aromatic N) is 5. The van der Waals surface area contributed by atoms with E-state index in [9.17, 15) is 20.1 Å². The Balaban J connectivity index is 0.000000150. The highest BCUT2D eigenvalue weighted by Gasteiger charge is 2.17. The predicted octanol–water partition coefficient (Wildman–Crippen LogP) is 14.9. The number of methoxy groups -OCH3 is 2. The zero-order valence-corrected chi connectivity index (χ0v) is 49.4. The number of ether oxygens (including phenoxy) is 4. The SMILES string of the molecule is COc1ccc(COc2cc(-c3nc(C)cs3)nc3c(Cl)c(CO)ccc23)cc1.COc1ccc(COc2cc(Cl)nc3c(Cl)c(CO)ccc23)cc1.Cc1csc(-c2cc(=O)c3ccc(CO)c(Cl)c3[nH]2)n1.Cc1csc(C)n1. The first kappa shape index (κ1) is 59.4. The molecule has 0 unspecified atom stereocenters. The number of nitrogens with one attached hydrogen (secondary N) is 1. The van der Waals surface area contributed by atoms with Crippen LogP contribution < -0.4 is 24.4 Å². The van der Waals surface area contributed by atoms with Crippen LogP contribution in [0.4, 0.5) is 0 Å². The number of benzene rings is 5. The Kier molecular flexibility index (Phi) is 20.5. The molecule has 0 atom stereocenters. The molecule has 0 fully saturated rings. The topological polar surface area (TPSA) is 195 Å². The van der Waals surface area contributed by atoms with Crippen LogP contribution >= 0.6 is 80.4 Å². The molecule has 412 valence electrons. The van der Waals surface area contributed by atoms with Crippen LogP contribution in [0.2, 0.25) is 20.2 Å². The summed E-state index contributed by atoms with van der Waals surface area (Å²) >= 11 is 29.8. The monoisotopic (exact) mass is 1210 g/mol. The van der Waals surface area contributed by atoms with Crippen molar-refractivity contribution < 1.29 is 34.3 Å². The van der Waals surface area contributed by atoms with Gasteiger partial charge in [0.2, 0.25) is 0 Å². The number of aromatic amines is 1. The van der Waals surface area contributed by atoms with Gasteiger partial charge in [0.1, 0.15) is 57.1 Å². The van der Waals surface area contributed by atoms with Gasteiger partial charge in [-0.25, -0.2) is 24.9 Å². The highest BCUT2D eigenvalue weighted by atomic mass is 35.5. The van der Waals surface area contributed by atoms with Crippen molar-refractivity contribution in [3.8, 4) is 44.4 Å². The van der Waals surface area contributed by atoms with Crippen LogP contribution in [0.3, 0.4) is 0 Å². The summed E-state index contributed by atoms with van der Waals surface area (Å²) in [7, 11) is 3.27. The van der Waals surface area contributed by atoms with Crippen LogP contribution in [-0.4, -0.2) is 59.4 Å². The lowest BCUT2D eigenvalue weighted by atomic mass is 10.1. The molecule has 6 aromatic heterocycles. The van der Waals surface area contributed by atoms with E-state index in [0.29, 0.717) is 89.8 Å². The van der Waals surface area contributed by atoms with E-state index < -0.39 is 0 Å². The van der Waals surface area contributed by atoms with Gasteiger partial charge in [0.15, 0.2) is 5.43 Å². The van der Waals surface area contributed by atoms with Gasteiger partial charge >= 0.3 is 0 Å². The van der Waals surface area contributed by atoms with Crippen molar-refractivity contribution in [2.75, 3.05) is 14.2 Å². The molecule has 0 aliphatic rings. The third-order valence-electron chi connectivity index (χ3n) is 12.0. The van der Waals surface area contributed by atoms with Crippen LogP contribution in [0.25, 0.3) is 54.1 Å². The molecule has 21 heteroatoms. The number of rotatable bonds is 13. The summed E-state index contributed by atoms with van der Waals surface area (Å²) in [6.07, 6.45) is 0. The highest BCUT2D eigenvalue weighted by molar-refractivity contribution is 7.13. The van der Waals surface area contributed by atoms with Crippen molar-refractivity contribution in [2.24, 2.45) is 0 Å². The van der Waals surface area contributed by atoms with E-state index in [1.54, 1.807) is 55.9 Å². The first-order chi connectivity index (χ1) is 38.6. The molecule has 80 heavy (non-hydrogen) atoms. The molecule has 0 saturated heterocycles. The number of H-pyrrole nitrogens is 1. The maximum Gasteiger partial charge on any atom is 0.190 e. The Morgan fingerprint density at radius 2 is 0.975 bits per heavy atom. The second-order valence-corrected chi connectivity index (χ2v) is 22.0. The minimum absolute atomic E-state index is 0.118. The molecule has 4 N–H and O–H groups in total. The molecular weight excluding hydrogens is 1160 g/mol. The number of pyridine rings is 3. The van der Waals surface area contributed by atoms with Crippen molar-refractivity contribution in [1.82, 2.24) is 29.9 Å². The van der Waals surface area contributed by atoms with Crippen molar-refractivity contribution in [3.63, 3.8) is 0 Å². The highest BCUT2D eigenvalue weighted by Crippen LogP contribution is 2.38. The minimum Gasteiger partial charge on any atom is -0.497 e. The van der Waals surface area contributed by atoms with Gasteiger partial charge < -0.3 is 39.3 Å². The maximum atomic E-state index is 12.2. The van der Waals surface area contributed by atoms with E-state index >= 15 is 0 Å². The summed E-state index contributed by atoms with van der Waals surface area (Å²) in [5, 5.41) is 40.3. The average molecular weight is 1210 g/mol. The quantitative estimate of drug-likeness (QED) is 0.0797. The molecule has 0 radical (unpaired) electrons. The van der Waals surface area contributed by atoms with E-state index in [2.05, 4.69) is 30.3 Å². The number of aliphatic hydroxyl groups excluding tert-OH is 3. The first-order valence-corrected chi connectivity index (χ1v) is 28.6. The maximum absolute atomic E-state index is 12.2. The number of aromatic nitrogens is 6. The van der Waals surface area contributed by atoms with Crippen LogP contribution in [0.5, 0.6) is 23.0 Å². The molecule has 0 spiro atoms. The number of fused-ring (bicyclic) bond motifs is 3. The number of halogens is 4. The van der Waals surface area contributed by atoms with Gasteiger partial charge in [-0.1, -0.05) is 88.9 Å². The smallest absolute Gasteiger partial charge is 0.190 e. The fourth-order valence-corrected chi connectivity index (χ4v) is 11.0. The van der Waals surface area contributed by atoms with Gasteiger partial charge in [-0.3, -0.25) is 4.79 Å². The van der Waals surface area contributed by atoms with Crippen molar-refractivity contribution in [2.45, 2.75) is 60.7 Å². The van der Waals surface area contributed by atoms with E-state index in [1.165, 1.54) is 28.7 Å². The Bertz CT molecular complexity index is 3970. The van der Waals surface area contributed by atoms with Crippen LogP contribution in [0.1, 0.15) is 49.9 Å². The Labute approximate surface area is 492 Å². The standard InChI is InChI=1S/C22H19ClN2O3S.C18H15Cl2NO3.C14H11ClN2O2S.C5H7NS/c1-13-12-29-22(24-13)18-9-19(28-11-14-3-6-16(27-2)7-4-14)17-8-5-15(10-26)20(23)21(17)25-18;1-23-13-5-2-11(3-6-13)10-24-15-8-16(19)21-18-14(15)7-4-12(9-22)17(18)20;1-7-6-20-14(16-7)10-4-11(19)9-3-2-8(5-18)12(15)13(9)17-10;1-4-3-7-5(2)6-4/h3-9,12,26H,10-11H2,1-2H3;2-8,22H,9-10H2,1H3;2-4,6,18H,5H2,1H3,(H,17,19);3H,1-2H3. The van der Waals surface area contributed by atoms with Gasteiger partial charge in [0.05, 0.1) is 76.4 Å². The molecule has 5 aromatic carbocycles. The van der Waals surface area contributed by atoms with Gasteiger partial charge in [-0.2, -0.15) is 0 Å². The summed E-state index contributed by atoms with van der Waals surface area (Å²) in [6, 6.07) is 31.0. The fraction of sp³-hybridized carbons (Fsp3) is 0.186. The summed E-state index contributed by atoms with van der Waals surface area (Å²) in [5.74, 6) is 2.85. The second-order valence-electron chi connectivity index (χ2n) is 17.7. The third-order valence-corrected chi connectivity index (χ3v) is 16.3. The van der Waals surface area contributed by atoms with E-state index in [1.807, 2.05) is 105 Å². The summed E-state index contributed by atoms with van der Waals surface area (Å²) in [4.78, 5) is 37.3. The number of aliphatic hydroxyl groups is 3. The average Bonchev–Trinajstić information content (AvgIpc) is 4.29. The molecule has 6 heterocycles. The molecule has 0 bridgehead atoms. The summed E-state index contributed by atoms with van der Waals surface area (Å²) in [5.41, 5.74) is 9.63. The Morgan fingerprint density at radius 3 is 1.43 bits per heavy atom. The van der Waals surface area contributed by atoms with Crippen LogP contribution in [-0.2, 0) is 33.0 Å². The zero-order valence-electron chi connectivity index (χ0n) is 43.9. The van der Waals surface area contributed by atoms with Crippen molar-refractivity contribution in [3.05, 3.63) is 200 Å². The van der Waals surface area contributed by atoms with Gasteiger partial charge in [-0.15, -0.1) is 34.0 Å². The Morgan fingerprint density at radius 1 is 0.512 bits per heavy atom. The van der Waals surface area contributed by atoms with E-state index in [-0.39, 0.29) is 30.4 Å². The molecule has 0 aliphatic carbocycles. The summed E-state index contributed by atoms with van der Waals surface area (Å²) < 4.78 is 22.4. The zero-order chi connectivity index (χ0) is 57.0. The van der Waals surface area contributed by atoms with Crippen molar-refractivity contribution >= 4 is 113 Å². The second kappa shape index (κ2) is 27.6. The lowest BCUT2D eigenvalue weighted by Gasteiger charge is -2.13. The lowest BCUT2D eigenvalue weighted by Crippen LogP contribution is -2.04. The lowest BCUT2D eigenvalue weighted by molar-refractivity contribution is 0.282. The van der Waals surface area contributed by atoms with Gasteiger partial charge in [-0.05, 0) is 98.0 Å². The molecule has 11 aromatic rings. The van der Waals surface area contributed by atoms with E-state index in [4.69, 9.17) is 70.3 Å². The fourth-order valence-electron chi connectivity index (χ4n) is 7.85. The minimum atomic E-state index is -0.169. The first-order valence-electron chi connectivity index (χ1n) is 24.4. The number of hydrogen-bond acceptors (Lipinski definition) is 16. The Hall–Kier alpha value is -6.74. The molecule has 0 saturated carbocycles. The van der Waals surface area contributed by atoms with Gasteiger partial charge in [0.25, 0.3) is 0 Å². The molecule has 11 rings (SSSR count). The largest absolute Gasteiger partial charge is 0.497 e. The van der Waals surface area contributed by atoms with Crippen molar-refractivity contribution in [1.29, 1.82) is 0 Å². The van der Waals surface area contributed by atoms with Crippen LogP contribution in [0, 0.1) is 27.7 Å². The van der Waals surface area contributed by atoms with E-state index in [0.717, 1.165) is 65.5 Å². The number of thiazole rings is 3. The molecule has 0 aliphatic heterocycles. The summed E-state index contributed by atoms with van der Waals surface area (Å²) in [6.45, 7) is 8.13. The number of aryl methyl sites for hydroxylation is 4. The van der Waals surface area contributed by atoms with Gasteiger partial charge in [0, 0.05) is 67.6 Å². The molecule has 14 nitrogen and oxygen atoms in total.